The van der Waals surface area contributed by atoms with E-state index in [9.17, 15) is 13.2 Å². The molecule has 1 aromatic heterocycles. The summed E-state index contributed by atoms with van der Waals surface area (Å²) in [6.45, 7) is 4.26. The average Bonchev–Trinajstić information content (AvgIpc) is 2.95. The molecule has 2 aromatic rings. The Kier molecular flexibility index (Phi) is 7.75. The van der Waals surface area contributed by atoms with Gasteiger partial charge in [0.25, 0.3) is 0 Å². The summed E-state index contributed by atoms with van der Waals surface area (Å²) in [5, 5.41) is 3.91. The molecule has 10 heteroatoms. The van der Waals surface area contributed by atoms with Crippen LogP contribution in [0, 0.1) is 0 Å². The van der Waals surface area contributed by atoms with Gasteiger partial charge in [0, 0.05) is 25.7 Å². The number of carbonyl (C=O) groups is 1. The molecule has 0 unspecified atom stereocenters. The fraction of sp³-hybridized carbons (Fsp3) is 0.636. The van der Waals surface area contributed by atoms with Crippen molar-refractivity contribution in [2.75, 3.05) is 32.1 Å². The Morgan fingerprint density at radius 3 is 2.59 bits per heavy atom. The molecule has 4 rings (SSSR count). The molecule has 1 N–H and O–H groups in total. The maximum atomic E-state index is 13.0. The number of sulfonamides is 1. The van der Waals surface area contributed by atoms with Crippen LogP contribution in [0.1, 0.15) is 45.4 Å². The van der Waals surface area contributed by atoms with Gasteiger partial charge in [-0.3, -0.25) is 4.79 Å². The first kappa shape index (κ1) is 23.5. The molecule has 32 heavy (non-hydrogen) atoms. The van der Waals surface area contributed by atoms with Crippen LogP contribution in [0.5, 0.6) is 0 Å². The average molecular weight is 481 g/mol. The number of rotatable bonds is 7. The number of fused-ring (bicyclic) bond motifs is 1. The van der Waals surface area contributed by atoms with Crippen molar-refractivity contribution in [1.82, 2.24) is 19.2 Å². The number of ether oxygens (including phenoxy) is 1. The standard InChI is InChI=1S/C22H32N4O4S2/c1-2-26-20-10-9-18(32(28,29)25-11-13-30-14-12-25)15-19(20)24-22(26)31-16-21(27)23-17-7-5-3-4-6-8-17/h9-10,15,17H,2-8,11-14,16H2,1H3,(H,23,27). The van der Waals surface area contributed by atoms with E-state index in [1.807, 2.05) is 17.6 Å². The van der Waals surface area contributed by atoms with Crippen LogP contribution >= 0.6 is 11.8 Å². The minimum Gasteiger partial charge on any atom is -0.379 e. The van der Waals surface area contributed by atoms with Crippen molar-refractivity contribution in [2.45, 2.75) is 68.1 Å². The molecular weight excluding hydrogens is 448 g/mol. The number of amides is 1. The highest BCUT2D eigenvalue weighted by Gasteiger charge is 2.27. The summed E-state index contributed by atoms with van der Waals surface area (Å²) in [5.41, 5.74) is 1.51. The van der Waals surface area contributed by atoms with Crippen LogP contribution in [0.15, 0.2) is 28.3 Å². The first-order chi connectivity index (χ1) is 15.5. The minimum atomic E-state index is -3.58. The fourth-order valence-electron chi connectivity index (χ4n) is 4.42. The van der Waals surface area contributed by atoms with Crippen molar-refractivity contribution in [3.8, 4) is 0 Å². The highest BCUT2D eigenvalue weighted by atomic mass is 32.2. The Bertz CT molecular complexity index is 1040. The summed E-state index contributed by atoms with van der Waals surface area (Å²) in [6, 6.07) is 5.38. The predicted octanol–water partition coefficient (Wildman–Crippen LogP) is 3.01. The summed E-state index contributed by atoms with van der Waals surface area (Å²) >= 11 is 1.40. The van der Waals surface area contributed by atoms with E-state index in [0.717, 1.165) is 23.5 Å². The second-order valence-electron chi connectivity index (χ2n) is 8.35. The summed E-state index contributed by atoms with van der Waals surface area (Å²) < 4.78 is 34.8. The Morgan fingerprint density at radius 1 is 1.19 bits per heavy atom. The van der Waals surface area contributed by atoms with Crippen LogP contribution in [-0.2, 0) is 26.1 Å². The molecule has 1 aliphatic heterocycles. The second-order valence-corrected chi connectivity index (χ2v) is 11.2. The van der Waals surface area contributed by atoms with Crippen LogP contribution in [0.2, 0.25) is 0 Å². The number of morpholine rings is 1. The van der Waals surface area contributed by atoms with Gasteiger partial charge in [0.05, 0.1) is 34.9 Å². The third kappa shape index (κ3) is 5.30. The normalized spacial score (nSPS) is 19.2. The van der Waals surface area contributed by atoms with E-state index in [-0.39, 0.29) is 16.8 Å². The molecule has 176 valence electrons. The monoisotopic (exact) mass is 480 g/mol. The van der Waals surface area contributed by atoms with E-state index < -0.39 is 10.0 Å². The molecule has 2 fully saturated rings. The van der Waals surface area contributed by atoms with Crippen LogP contribution in [0.4, 0.5) is 0 Å². The first-order valence-electron chi connectivity index (χ1n) is 11.5. The minimum absolute atomic E-state index is 0.0344. The van der Waals surface area contributed by atoms with E-state index in [2.05, 4.69) is 10.3 Å². The van der Waals surface area contributed by atoms with Gasteiger partial charge in [-0.15, -0.1) is 0 Å². The van der Waals surface area contributed by atoms with Crippen LogP contribution < -0.4 is 5.32 Å². The highest BCUT2D eigenvalue weighted by molar-refractivity contribution is 7.99. The smallest absolute Gasteiger partial charge is 0.243 e. The predicted molar refractivity (Wildman–Crippen MR) is 125 cm³/mol. The Balaban J connectivity index is 1.48. The van der Waals surface area contributed by atoms with Gasteiger partial charge >= 0.3 is 0 Å². The molecule has 1 amide bonds. The highest BCUT2D eigenvalue weighted by Crippen LogP contribution is 2.27. The number of nitrogens with zero attached hydrogens (tertiary/aromatic N) is 3. The van der Waals surface area contributed by atoms with Gasteiger partial charge < -0.3 is 14.6 Å². The number of carbonyl (C=O) groups excluding carboxylic acids is 1. The molecule has 1 saturated heterocycles. The molecule has 2 heterocycles. The van der Waals surface area contributed by atoms with Gasteiger partial charge in [-0.05, 0) is 38.0 Å². The third-order valence-electron chi connectivity index (χ3n) is 6.16. The van der Waals surface area contributed by atoms with Crippen molar-refractivity contribution in [3.63, 3.8) is 0 Å². The number of thioether (sulfide) groups is 1. The maximum Gasteiger partial charge on any atom is 0.243 e. The molecule has 1 aliphatic carbocycles. The topological polar surface area (TPSA) is 93.5 Å². The van der Waals surface area contributed by atoms with Crippen LogP contribution in [-0.4, -0.2) is 66.3 Å². The van der Waals surface area contributed by atoms with E-state index in [1.165, 1.54) is 41.8 Å². The Hall–Kier alpha value is -1.62. The van der Waals surface area contributed by atoms with Gasteiger partial charge in [0.1, 0.15) is 0 Å². The molecule has 0 radical (unpaired) electrons. The molecule has 1 aromatic carbocycles. The lowest BCUT2D eigenvalue weighted by Crippen LogP contribution is -2.40. The third-order valence-corrected chi connectivity index (χ3v) is 9.03. The summed E-state index contributed by atoms with van der Waals surface area (Å²) in [4.78, 5) is 17.4. The Morgan fingerprint density at radius 2 is 1.91 bits per heavy atom. The Labute approximate surface area is 194 Å². The second kappa shape index (κ2) is 10.5. The molecule has 1 saturated carbocycles. The van der Waals surface area contributed by atoms with Crippen LogP contribution in [0.3, 0.4) is 0 Å². The lowest BCUT2D eigenvalue weighted by atomic mass is 10.1. The quantitative estimate of drug-likeness (QED) is 0.484. The van der Waals surface area contributed by atoms with E-state index in [4.69, 9.17) is 4.74 Å². The molecule has 0 bridgehead atoms. The lowest BCUT2D eigenvalue weighted by molar-refractivity contribution is -0.119. The number of hydrogen-bond acceptors (Lipinski definition) is 6. The van der Waals surface area contributed by atoms with E-state index in [0.29, 0.717) is 44.1 Å². The van der Waals surface area contributed by atoms with Gasteiger partial charge in [-0.1, -0.05) is 37.4 Å². The number of nitrogens with one attached hydrogen (secondary N) is 1. The van der Waals surface area contributed by atoms with Gasteiger partial charge in [0.2, 0.25) is 15.9 Å². The molecule has 8 nitrogen and oxygen atoms in total. The van der Waals surface area contributed by atoms with Crippen molar-refractivity contribution >= 4 is 38.7 Å². The van der Waals surface area contributed by atoms with Crippen molar-refractivity contribution in [3.05, 3.63) is 18.2 Å². The van der Waals surface area contributed by atoms with Crippen molar-refractivity contribution in [1.29, 1.82) is 0 Å². The van der Waals surface area contributed by atoms with Crippen molar-refractivity contribution in [2.24, 2.45) is 0 Å². The number of aryl methyl sites for hydroxylation is 1. The molecule has 0 spiro atoms. The fourth-order valence-corrected chi connectivity index (χ4v) is 6.74. The van der Waals surface area contributed by atoms with E-state index in [1.54, 1.807) is 12.1 Å². The zero-order chi connectivity index (χ0) is 22.6. The first-order valence-corrected chi connectivity index (χ1v) is 13.9. The molecular formula is C22H32N4O4S2. The number of aromatic nitrogens is 2. The zero-order valence-corrected chi connectivity index (χ0v) is 20.2. The zero-order valence-electron chi connectivity index (χ0n) is 18.6. The summed E-state index contributed by atoms with van der Waals surface area (Å²) in [5.74, 6) is 0.339. The molecule has 0 atom stereocenters. The van der Waals surface area contributed by atoms with E-state index >= 15 is 0 Å². The van der Waals surface area contributed by atoms with Gasteiger partial charge in [-0.2, -0.15) is 4.31 Å². The maximum absolute atomic E-state index is 13.0. The number of imidazole rings is 1. The largest absolute Gasteiger partial charge is 0.379 e. The summed E-state index contributed by atoms with van der Waals surface area (Å²) in [6.07, 6.45) is 6.99. The lowest BCUT2D eigenvalue weighted by Gasteiger charge is -2.26. The summed E-state index contributed by atoms with van der Waals surface area (Å²) in [7, 11) is -3.58. The van der Waals surface area contributed by atoms with Crippen molar-refractivity contribution < 1.29 is 17.9 Å². The molecule has 2 aliphatic rings. The SMILES string of the molecule is CCn1c(SCC(=O)NC2CCCCCC2)nc2cc(S(=O)(=O)N3CCOCC3)ccc21. The van der Waals surface area contributed by atoms with Crippen LogP contribution in [0.25, 0.3) is 11.0 Å². The van der Waals surface area contributed by atoms with Gasteiger partial charge in [0.15, 0.2) is 5.16 Å². The number of benzene rings is 1. The van der Waals surface area contributed by atoms with Gasteiger partial charge in [-0.25, -0.2) is 13.4 Å². The number of hydrogen-bond donors (Lipinski definition) is 1.